The second-order valence-electron chi connectivity index (χ2n) is 5.10. The molecule has 0 amide bonds. The molecule has 0 heterocycles. The first-order valence-corrected chi connectivity index (χ1v) is 7.29. The molecule has 0 N–H and O–H groups in total. The lowest BCUT2D eigenvalue weighted by atomic mass is 10.2. The van der Waals surface area contributed by atoms with E-state index in [9.17, 15) is 4.79 Å². The summed E-state index contributed by atoms with van der Waals surface area (Å²) in [4.78, 5) is 13.4. The predicted molar refractivity (Wildman–Crippen MR) is 89.8 cm³/mol. The SMILES string of the molecule is C=CCN(c1cccc(C)c1)C(C=O)OCc1ccccc1. The number of hydrogen-bond acceptors (Lipinski definition) is 3. The van der Waals surface area contributed by atoms with Gasteiger partial charge in [-0.15, -0.1) is 6.58 Å². The van der Waals surface area contributed by atoms with Crippen molar-refractivity contribution in [2.75, 3.05) is 11.4 Å². The fourth-order valence-electron chi connectivity index (χ4n) is 2.26. The van der Waals surface area contributed by atoms with E-state index in [1.165, 1.54) is 0 Å². The van der Waals surface area contributed by atoms with Crippen molar-refractivity contribution in [3.05, 3.63) is 78.4 Å². The number of anilines is 1. The zero-order chi connectivity index (χ0) is 15.8. The molecule has 2 rings (SSSR count). The number of carbonyl (C=O) groups excluding carboxylic acids is 1. The summed E-state index contributed by atoms with van der Waals surface area (Å²) in [6.07, 6.45) is 1.96. The van der Waals surface area contributed by atoms with Crippen LogP contribution in [0, 0.1) is 6.92 Å². The Balaban J connectivity index is 2.13. The van der Waals surface area contributed by atoms with Gasteiger partial charge in [0.2, 0.25) is 0 Å². The second-order valence-corrected chi connectivity index (χ2v) is 5.10. The van der Waals surface area contributed by atoms with Gasteiger partial charge in [0.25, 0.3) is 0 Å². The molecule has 0 aliphatic heterocycles. The molecule has 0 aliphatic carbocycles. The summed E-state index contributed by atoms with van der Waals surface area (Å²) >= 11 is 0. The molecule has 0 bridgehead atoms. The predicted octanol–water partition coefficient (Wildman–Crippen LogP) is 3.73. The summed E-state index contributed by atoms with van der Waals surface area (Å²) < 4.78 is 5.80. The maximum atomic E-state index is 11.5. The minimum atomic E-state index is -0.639. The highest BCUT2D eigenvalue weighted by atomic mass is 16.5. The lowest BCUT2D eigenvalue weighted by Gasteiger charge is -2.29. The highest BCUT2D eigenvalue weighted by Gasteiger charge is 2.18. The van der Waals surface area contributed by atoms with Crippen LogP contribution in [-0.4, -0.2) is 19.1 Å². The Morgan fingerprint density at radius 2 is 1.95 bits per heavy atom. The first-order chi connectivity index (χ1) is 10.7. The molecule has 114 valence electrons. The van der Waals surface area contributed by atoms with Crippen LogP contribution in [0.15, 0.2) is 67.3 Å². The van der Waals surface area contributed by atoms with Gasteiger partial charge in [-0.2, -0.15) is 0 Å². The maximum Gasteiger partial charge on any atom is 0.187 e. The minimum absolute atomic E-state index is 0.393. The molecule has 1 unspecified atom stereocenters. The number of aryl methyl sites for hydroxylation is 1. The smallest absolute Gasteiger partial charge is 0.187 e. The Morgan fingerprint density at radius 3 is 2.59 bits per heavy atom. The van der Waals surface area contributed by atoms with Gasteiger partial charge in [-0.1, -0.05) is 48.5 Å². The minimum Gasteiger partial charge on any atom is -0.346 e. The van der Waals surface area contributed by atoms with Gasteiger partial charge in [0, 0.05) is 12.2 Å². The van der Waals surface area contributed by atoms with Gasteiger partial charge in [0.1, 0.15) is 0 Å². The summed E-state index contributed by atoms with van der Waals surface area (Å²) in [5.41, 5.74) is 3.13. The molecule has 0 fully saturated rings. The van der Waals surface area contributed by atoms with Crippen LogP contribution in [0.3, 0.4) is 0 Å². The lowest BCUT2D eigenvalue weighted by Crippen LogP contribution is -2.38. The largest absolute Gasteiger partial charge is 0.346 e. The quantitative estimate of drug-likeness (QED) is 0.422. The summed E-state index contributed by atoms with van der Waals surface area (Å²) in [6, 6.07) is 17.8. The summed E-state index contributed by atoms with van der Waals surface area (Å²) in [6.45, 7) is 6.73. The summed E-state index contributed by atoms with van der Waals surface area (Å²) in [7, 11) is 0. The van der Waals surface area contributed by atoms with Gasteiger partial charge >= 0.3 is 0 Å². The molecule has 0 radical (unpaired) electrons. The molecule has 0 aromatic heterocycles. The molecular formula is C19H21NO2. The molecule has 0 saturated carbocycles. The Labute approximate surface area is 131 Å². The van der Waals surface area contributed by atoms with Gasteiger partial charge in [-0.3, -0.25) is 4.79 Å². The number of carbonyl (C=O) groups is 1. The highest BCUT2D eigenvalue weighted by Crippen LogP contribution is 2.19. The van der Waals surface area contributed by atoms with Crippen molar-refractivity contribution in [3.8, 4) is 0 Å². The molecular weight excluding hydrogens is 274 g/mol. The summed E-state index contributed by atoms with van der Waals surface area (Å²) in [5.74, 6) is 0. The normalized spacial score (nSPS) is 11.7. The van der Waals surface area contributed by atoms with E-state index in [2.05, 4.69) is 6.58 Å². The number of aldehydes is 1. The third kappa shape index (κ3) is 4.30. The van der Waals surface area contributed by atoms with Gasteiger partial charge in [0.15, 0.2) is 12.5 Å². The Morgan fingerprint density at radius 1 is 1.18 bits per heavy atom. The van der Waals surface area contributed by atoms with Crippen LogP contribution in [0.25, 0.3) is 0 Å². The van der Waals surface area contributed by atoms with E-state index in [0.29, 0.717) is 13.2 Å². The Bertz CT molecular complexity index is 610. The molecule has 0 saturated heterocycles. The van der Waals surface area contributed by atoms with Gasteiger partial charge in [-0.05, 0) is 30.2 Å². The summed E-state index contributed by atoms with van der Waals surface area (Å²) in [5, 5.41) is 0. The molecule has 1 atom stereocenters. The molecule has 2 aromatic carbocycles. The average molecular weight is 295 g/mol. The number of ether oxygens (including phenoxy) is 1. The lowest BCUT2D eigenvalue weighted by molar-refractivity contribution is -0.118. The zero-order valence-electron chi connectivity index (χ0n) is 12.8. The molecule has 22 heavy (non-hydrogen) atoms. The third-order valence-corrected chi connectivity index (χ3v) is 3.35. The second kappa shape index (κ2) is 8.15. The zero-order valence-corrected chi connectivity index (χ0v) is 12.8. The molecule has 2 aromatic rings. The van der Waals surface area contributed by atoms with Crippen LogP contribution in [0.2, 0.25) is 0 Å². The van der Waals surface area contributed by atoms with Gasteiger partial charge < -0.3 is 9.64 Å². The number of nitrogens with zero attached hydrogens (tertiary/aromatic N) is 1. The average Bonchev–Trinajstić information content (AvgIpc) is 2.55. The van der Waals surface area contributed by atoms with Crippen LogP contribution in [-0.2, 0) is 16.1 Å². The van der Waals surface area contributed by atoms with Crippen LogP contribution >= 0.6 is 0 Å². The highest BCUT2D eigenvalue weighted by molar-refractivity contribution is 5.65. The van der Waals surface area contributed by atoms with Crippen molar-refractivity contribution < 1.29 is 9.53 Å². The van der Waals surface area contributed by atoms with E-state index in [-0.39, 0.29) is 0 Å². The Kier molecular flexibility index (Phi) is 5.92. The number of benzene rings is 2. The van der Waals surface area contributed by atoms with Crippen molar-refractivity contribution in [2.24, 2.45) is 0 Å². The van der Waals surface area contributed by atoms with E-state index in [1.807, 2.05) is 66.4 Å². The van der Waals surface area contributed by atoms with Crippen molar-refractivity contribution in [2.45, 2.75) is 19.8 Å². The van der Waals surface area contributed by atoms with Crippen molar-refractivity contribution >= 4 is 12.0 Å². The van der Waals surface area contributed by atoms with Crippen molar-refractivity contribution in [1.29, 1.82) is 0 Å². The van der Waals surface area contributed by atoms with E-state index in [0.717, 1.165) is 23.1 Å². The van der Waals surface area contributed by atoms with Crippen LogP contribution in [0.1, 0.15) is 11.1 Å². The van der Waals surface area contributed by atoms with Crippen molar-refractivity contribution in [1.82, 2.24) is 0 Å². The van der Waals surface area contributed by atoms with Crippen molar-refractivity contribution in [3.63, 3.8) is 0 Å². The van der Waals surface area contributed by atoms with Gasteiger partial charge in [0.05, 0.1) is 6.61 Å². The maximum absolute atomic E-state index is 11.5. The van der Waals surface area contributed by atoms with E-state index >= 15 is 0 Å². The molecule has 0 spiro atoms. The van der Waals surface area contributed by atoms with E-state index < -0.39 is 6.23 Å². The van der Waals surface area contributed by atoms with Crippen LogP contribution in [0.4, 0.5) is 5.69 Å². The Hall–Kier alpha value is -2.39. The first-order valence-electron chi connectivity index (χ1n) is 7.29. The van der Waals surface area contributed by atoms with E-state index in [1.54, 1.807) is 6.08 Å². The topological polar surface area (TPSA) is 29.5 Å². The molecule has 3 heteroatoms. The molecule has 3 nitrogen and oxygen atoms in total. The number of hydrogen-bond donors (Lipinski definition) is 0. The van der Waals surface area contributed by atoms with Crippen LogP contribution in [0.5, 0.6) is 0 Å². The fourth-order valence-corrected chi connectivity index (χ4v) is 2.26. The molecule has 0 aliphatic rings. The number of rotatable bonds is 8. The monoisotopic (exact) mass is 295 g/mol. The van der Waals surface area contributed by atoms with E-state index in [4.69, 9.17) is 4.74 Å². The first kappa shape index (κ1) is 16.0. The third-order valence-electron chi connectivity index (χ3n) is 3.35. The standard InChI is InChI=1S/C19H21NO2/c1-3-12-20(18-11-7-8-16(2)13-18)19(14-21)22-15-17-9-5-4-6-10-17/h3-11,13-14,19H,1,12,15H2,2H3. The van der Waals surface area contributed by atoms with Gasteiger partial charge in [-0.25, -0.2) is 0 Å². The fraction of sp³-hybridized carbons (Fsp3) is 0.211. The van der Waals surface area contributed by atoms with Crippen LogP contribution < -0.4 is 4.90 Å².